The molecule has 0 aromatic heterocycles. The molecule has 1 amide bonds. The lowest BCUT2D eigenvalue weighted by Crippen LogP contribution is -2.12. The summed E-state index contributed by atoms with van der Waals surface area (Å²) in [7, 11) is 1.59. The first-order valence-corrected chi connectivity index (χ1v) is 8.01. The number of amides is 1. The number of hydrogen-bond donors (Lipinski definition) is 1. The van der Waals surface area contributed by atoms with Crippen LogP contribution in [0.3, 0.4) is 0 Å². The maximum absolute atomic E-state index is 12.4. The van der Waals surface area contributed by atoms with Crippen molar-refractivity contribution in [3.05, 3.63) is 47.0 Å². The van der Waals surface area contributed by atoms with E-state index in [9.17, 15) is 4.79 Å². The Morgan fingerprint density at radius 1 is 1.08 bits per heavy atom. The van der Waals surface area contributed by atoms with Gasteiger partial charge in [0.2, 0.25) is 0 Å². The van der Waals surface area contributed by atoms with Gasteiger partial charge < -0.3 is 19.5 Å². The summed E-state index contributed by atoms with van der Waals surface area (Å²) >= 11 is 6.23. The molecule has 24 heavy (non-hydrogen) atoms. The molecule has 128 valence electrons. The molecule has 0 aliphatic heterocycles. The predicted molar refractivity (Wildman–Crippen MR) is 94.7 cm³/mol. The molecule has 0 aliphatic carbocycles. The number of benzene rings is 2. The van der Waals surface area contributed by atoms with E-state index in [-0.39, 0.29) is 5.91 Å². The Balaban J connectivity index is 2.24. The minimum atomic E-state index is -0.286. The van der Waals surface area contributed by atoms with E-state index in [4.69, 9.17) is 25.8 Å². The van der Waals surface area contributed by atoms with Crippen LogP contribution in [-0.2, 0) is 0 Å². The van der Waals surface area contributed by atoms with Crippen molar-refractivity contribution in [2.75, 3.05) is 25.6 Å². The highest BCUT2D eigenvalue weighted by atomic mass is 35.5. The molecule has 0 atom stereocenters. The third kappa shape index (κ3) is 4.32. The Labute approximate surface area is 146 Å². The second-order valence-electron chi connectivity index (χ2n) is 4.83. The highest BCUT2D eigenvalue weighted by Crippen LogP contribution is 2.37. The first-order valence-electron chi connectivity index (χ1n) is 7.63. The summed E-state index contributed by atoms with van der Waals surface area (Å²) in [5.41, 5.74) is 1.05. The lowest BCUT2D eigenvalue weighted by Gasteiger charge is -2.14. The molecule has 0 bridgehead atoms. The monoisotopic (exact) mass is 349 g/mol. The van der Waals surface area contributed by atoms with E-state index in [1.807, 2.05) is 13.8 Å². The zero-order valence-electron chi connectivity index (χ0n) is 13.9. The van der Waals surface area contributed by atoms with Crippen molar-refractivity contribution in [3.8, 4) is 17.2 Å². The van der Waals surface area contributed by atoms with Crippen LogP contribution in [-0.4, -0.2) is 26.2 Å². The molecule has 0 heterocycles. The summed E-state index contributed by atoms with van der Waals surface area (Å²) < 4.78 is 16.1. The van der Waals surface area contributed by atoms with Crippen LogP contribution in [0.4, 0.5) is 5.69 Å². The van der Waals surface area contributed by atoms with Gasteiger partial charge in [-0.25, -0.2) is 0 Å². The van der Waals surface area contributed by atoms with Crippen molar-refractivity contribution in [2.45, 2.75) is 13.8 Å². The van der Waals surface area contributed by atoms with Crippen LogP contribution in [0.2, 0.25) is 5.02 Å². The van der Waals surface area contributed by atoms with Gasteiger partial charge in [0.25, 0.3) is 5.91 Å². The molecule has 2 rings (SSSR count). The van der Waals surface area contributed by atoms with Gasteiger partial charge in [-0.15, -0.1) is 0 Å². The van der Waals surface area contributed by atoms with E-state index in [0.717, 1.165) is 5.75 Å². The van der Waals surface area contributed by atoms with Gasteiger partial charge in [-0.1, -0.05) is 11.6 Å². The average molecular weight is 350 g/mol. The van der Waals surface area contributed by atoms with Crippen molar-refractivity contribution in [3.63, 3.8) is 0 Å². The summed E-state index contributed by atoms with van der Waals surface area (Å²) in [6, 6.07) is 10.2. The largest absolute Gasteiger partial charge is 0.497 e. The van der Waals surface area contributed by atoms with Gasteiger partial charge in [0.1, 0.15) is 5.75 Å². The van der Waals surface area contributed by atoms with E-state index in [2.05, 4.69) is 5.32 Å². The van der Waals surface area contributed by atoms with E-state index in [1.54, 1.807) is 43.5 Å². The smallest absolute Gasteiger partial charge is 0.255 e. The van der Waals surface area contributed by atoms with Crippen LogP contribution in [0.1, 0.15) is 24.2 Å². The van der Waals surface area contributed by atoms with E-state index in [1.165, 1.54) is 0 Å². The highest BCUT2D eigenvalue weighted by molar-refractivity contribution is 6.32. The van der Waals surface area contributed by atoms with Crippen LogP contribution in [0.15, 0.2) is 36.4 Å². The minimum Gasteiger partial charge on any atom is -0.497 e. The van der Waals surface area contributed by atoms with Crippen molar-refractivity contribution < 1.29 is 19.0 Å². The minimum absolute atomic E-state index is 0.286. The second kappa shape index (κ2) is 8.45. The van der Waals surface area contributed by atoms with Crippen molar-refractivity contribution in [1.29, 1.82) is 0 Å². The highest BCUT2D eigenvalue weighted by Gasteiger charge is 2.16. The third-order valence-corrected chi connectivity index (χ3v) is 3.49. The van der Waals surface area contributed by atoms with Crippen LogP contribution in [0, 0.1) is 0 Å². The molecule has 0 spiro atoms. The summed E-state index contributed by atoms with van der Waals surface area (Å²) in [6.45, 7) is 4.61. The van der Waals surface area contributed by atoms with Gasteiger partial charge >= 0.3 is 0 Å². The number of ether oxygens (including phenoxy) is 3. The molecule has 0 saturated heterocycles. The Morgan fingerprint density at radius 3 is 2.33 bits per heavy atom. The summed E-state index contributed by atoms with van der Waals surface area (Å²) in [6.07, 6.45) is 0. The SMILES string of the molecule is CCOc1cc(C(=O)Nc2ccc(OC)cc2)cc(Cl)c1OCC. The number of carbonyl (C=O) groups excluding carboxylic acids is 1. The van der Waals surface area contributed by atoms with Crippen LogP contribution >= 0.6 is 11.6 Å². The van der Waals surface area contributed by atoms with Gasteiger partial charge in [-0.3, -0.25) is 4.79 Å². The molecule has 0 aliphatic rings. The molecule has 5 nitrogen and oxygen atoms in total. The Hall–Kier alpha value is -2.40. The molecule has 0 saturated carbocycles. The molecular formula is C18H20ClNO4. The lowest BCUT2D eigenvalue weighted by molar-refractivity contribution is 0.102. The molecule has 2 aromatic carbocycles. The molecule has 1 N–H and O–H groups in total. The number of methoxy groups -OCH3 is 1. The number of carbonyl (C=O) groups is 1. The number of halogens is 1. The Bertz CT molecular complexity index is 701. The Morgan fingerprint density at radius 2 is 1.75 bits per heavy atom. The van der Waals surface area contributed by atoms with Crippen LogP contribution in [0.5, 0.6) is 17.2 Å². The van der Waals surface area contributed by atoms with Crippen molar-refractivity contribution in [2.24, 2.45) is 0 Å². The third-order valence-electron chi connectivity index (χ3n) is 3.21. The zero-order valence-corrected chi connectivity index (χ0v) is 14.6. The summed E-state index contributed by atoms with van der Waals surface area (Å²) in [5.74, 6) is 1.33. The van der Waals surface area contributed by atoms with E-state index < -0.39 is 0 Å². The van der Waals surface area contributed by atoms with Crippen LogP contribution < -0.4 is 19.5 Å². The molecule has 0 fully saturated rings. The van der Waals surface area contributed by atoms with E-state index in [0.29, 0.717) is 41.0 Å². The zero-order chi connectivity index (χ0) is 17.5. The topological polar surface area (TPSA) is 56.8 Å². The lowest BCUT2D eigenvalue weighted by atomic mass is 10.1. The van der Waals surface area contributed by atoms with Crippen LogP contribution in [0.25, 0.3) is 0 Å². The number of hydrogen-bond acceptors (Lipinski definition) is 4. The number of anilines is 1. The normalized spacial score (nSPS) is 10.2. The molecule has 0 radical (unpaired) electrons. The fraction of sp³-hybridized carbons (Fsp3) is 0.278. The number of rotatable bonds is 7. The first-order chi connectivity index (χ1) is 11.6. The first kappa shape index (κ1) is 17.9. The quantitative estimate of drug-likeness (QED) is 0.805. The fourth-order valence-electron chi connectivity index (χ4n) is 2.12. The van der Waals surface area contributed by atoms with Gasteiger partial charge in [-0.05, 0) is 50.2 Å². The molecule has 0 unspecified atom stereocenters. The van der Waals surface area contributed by atoms with Crippen molar-refractivity contribution in [1.82, 2.24) is 0 Å². The average Bonchev–Trinajstić information content (AvgIpc) is 2.58. The van der Waals surface area contributed by atoms with E-state index >= 15 is 0 Å². The maximum Gasteiger partial charge on any atom is 0.255 e. The fourth-order valence-corrected chi connectivity index (χ4v) is 2.39. The van der Waals surface area contributed by atoms with Gasteiger partial charge in [0.05, 0.1) is 25.3 Å². The molecule has 2 aromatic rings. The maximum atomic E-state index is 12.4. The van der Waals surface area contributed by atoms with Gasteiger partial charge in [0.15, 0.2) is 11.5 Å². The van der Waals surface area contributed by atoms with Crippen molar-refractivity contribution >= 4 is 23.2 Å². The standard InChI is InChI=1S/C18H20ClNO4/c1-4-23-16-11-12(10-15(19)17(16)24-5-2)18(21)20-13-6-8-14(22-3)9-7-13/h6-11H,4-5H2,1-3H3,(H,20,21). The summed E-state index contributed by atoms with van der Waals surface area (Å²) in [4.78, 5) is 12.4. The molecule has 6 heteroatoms. The predicted octanol–water partition coefficient (Wildman–Crippen LogP) is 4.40. The summed E-state index contributed by atoms with van der Waals surface area (Å²) in [5, 5.41) is 3.14. The van der Waals surface area contributed by atoms with Gasteiger partial charge in [-0.2, -0.15) is 0 Å². The van der Waals surface area contributed by atoms with Gasteiger partial charge in [0, 0.05) is 11.3 Å². The number of nitrogens with one attached hydrogen (secondary N) is 1. The Kier molecular flexibility index (Phi) is 6.32. The second-order valence-corrected chi connectivity index (χ2v) is 5.24. The molecular weight excluding hydrogens is 330 g/mol.